The van der Waals surface area contributed by atoms with E-state index in [1.165, 1.54) is 0 Å². The van der Waals surface area contributed by atoms with Gasteiger partial charge in [0.2, 0.25) is 5.95 Å². The SMILES string of the molecule is CCNc1nc(C)cn1-c1cc(Br)ccc1Br. The first-order chi connectivity index (χ1) is 8.11. The maximum Gasteiger partial charge on any atom is 0.207 e. The predicted octanol–water partition coefficient (Wildman–Crippen LogP) is 4.14. The average molecular weight is 359 g/mol. The number of imidazole rings is 1. The minimum Gasteiger partial charge on any atom is -0.356 e. The van der Waals surface area contributed by atoms with Crippen molar-refractivity contribution in [3.8, 4) is 5.69 Å². The lowest BCUT2D eigenvalue weighted by atomic mass is 10.3. The Kier molecular flexibility index (Phi) is 3.89. The minimum atomic E-state index is 0.849. The molecule has 0 saturated heterocycles. The van der Waals surface area contributed by atoms with Gasteiger partial charge in [-0.15, -0.1) is 0 Å². The van der Waals surface area contributed by atoms with Gasteiger partial charge in [0.1, 0.15) is 0 Å². The van der Waals surface area contributed by atoms with Crippen LogP contribution in [-0.4, -0.2) is 16.1 Å². The Morgan fingerprint density at radius 1 is 1.35 bits per heavy atom. The summed E-state index contributed by atoms with van der Waals surface area (Å²) in [5.74, 6) is 0.865. The first-order valence-electron chi connectivity index (χ1n) is 5.37. The Morgan fingerprint density at radius 3 is 2.82 bits per heavy atom. The van der Waals surface area contributed by atoms with E-state index in [0.29, 0.717) is 0 Å². The maximum atomic E-state index is 4.46. The number of hydrogen-bond acceptors (Lipinski definition) is 2. The lowest BCUT2D eigenvalue weighted by molar-refractivity contribution is 1.02. The zero-order chi connectivity index (χ0) is 12.4. The Bertz CT molecular complexity index is 535. The molecule has 2 aromatic rings. The molecule has 0 spiro atoms. The Morgan fingerprint density at radius 2 is 2.12 bits per heavy atom. The molecule has 3 nitrogen and oxygen atoms in total. The van der Waals surface area contributed by atoms with Crippen LogP contribution in [0.3, 0.4) is 0 Å². The molecule has 90 valence electrons. The van der Waals surface area contributed by atoms with Gasteiger partial charge < -0.3 is 5.32 Å². The van der Waals surface area contributed by atoms with E-state index >= 15 is 0 Å². The fraction of sp³-hybridized carbons (Fsp3) is 0.250. The van der Waals surface area contributed by atoms with Crippen molar-refractivity contribution in [3.05, 3.63) is 39.0 Å². The van der Waals surface area contributed by atoms with Crippen molar-refractivity contribution in [2.45, 2.75) is 13.8 Å². The summed E-state index contributed by atoms with van der Waals surface area (Å²) in [4.78, 5) is 4.46. The third-order valence-corrected chi connectivity index (χ3v) is 3.49. The number of nitrogens with one attached hydrogen (secondary N) is 1. The van der Waals surface area contributed by atoms with Crippen molar-refractivity contribution in [1.29, 1.82) is 0 Å². The summed E-state index contributed by atoms with van der Waals surface area (Å²) in [7, 11) is 0. The first-order valence-corrected chi connectivity index (χ1v) is 6.95. The maximum absolute atomic E-state index is 4.46. The highest BCUT2D eigenvalue weighted by Gasteiger charge is 2.09. The molecule has 1 aromatic heterocycles. The molecule has 0 bridgehead atoms. The van der Waals surface area contributed by atoms with Crippen LogP contribution in [0.1, 0.15) is 12.6 Å². The highest BCUT2D eigenvalue weighted by Crippen LogP contribution is 2.27. The zero-order valence-electron chi connectivity index (χ0n) is 9.67. The van der Waals surface area contributed by atoms with Gasteiger partial charge in [-0.25, -0.2) is 4.98 Å². The van der Waals surface area contributed by atoms with Crippen LogP contribution in [0.2, 0.25) is 0 Å². The van der Waals surface area contributed by atoms with Gasteiger partial charge in [-0.3, -0.25) is 4.57 Å². The molecule has 1 aromatic carbocycles. The van der Waals surface area contributed by atoms with Crippen LogP contribution in [0.15, 0.2) is 33.3 Å². The lowest BCUT2D eigenvalue weighted by Gasteiger charge is -2.10. The molecule has 5 heteroatoms. The largest absolute Gasteiger partial charge is 0.356 e. The van der Waals surface area contributed by atoms with Crippen molar-refractivity contribution in [3.63, 3.8) is 0 Å². The summed E-state index contributed by atoms with van der Waals surface area (Å²) in [6.45, 7) is 4.90. The number of halogens is 2. The molecule has 2 rings (SSSR count). The van der Waals surface area contributed by atoms with Crippen molar-refractivity contribution >= 4 is 37.8 Å². The van der Waals surface area contributed by atoms with Crippen molar-refractivity contribution in [2.75, 3.05) is 11.9 Å². The van der Waals surface area contributed by atoms with E-state index in [1.807, 2.05) is 29.8 Å². The number of benzene rings is 1. The van der Waals surface area contributed by atoms with Crippen molar-refractivity contribution < 1.29 is 0 Å². The molecule has 0 amide bonds. The smallest absolute Gasteiger partial charge is 0.207 e. The molecule has 0 saturated carbocycles. The summed E-state index contributed by atoms with van der Waals surface area (Å²) in [5.41, 5.74) is 2.06. The van der Waals surface area contributed by atoms with Gasteiger partial charge in [0.15, 0.2) is 0 Å². The van der Waals surface area contributed by atoms with Gasteiger partial charge in [0, 0.05) is 21.7 Å². The molecule has 0 radical (unpaired) electrons. The summed E-state index contributed by atoms with van der Waals surface area (Å²) >= 11 is 7.05. The summed E-state index contributed by atoms with van der Waals surface area (Å²) in [5, 5.41) is 3.26. The van der Waals surface area contributed by atoms with Gasteiger partial charge in [-0.2, -0.15) is 0 Å². The molecule has 0 fully saturated rings. The second-order valence-corrected chi connectivity index (χ2v) is 5.47. The number of hydrogen-bond donors (Lipinski definition) is 1. The van der Waals surface area contributed by atoms with E-state index in [2.05, 4.69) is 55.2 Å². The number of aromatic nitrogens is 2. The lowest BCUT2D eigenvalue weighted by Crippen LogP contribution is -2.05. The van der Waals surface area contributed by atoms with Gasteiger partial charge >= 0.3 is 0 Å². The fourth-order valence-electron chi connectivity index (χ4n) is 1.63. The second-order valence-electron chi connectivity index (χ2n) is 3.70. The van der Waals surface area contributed by atoms with Crippen LogP contribution in [0.4, 0.5) is 5.95 Å². The highest BCUT2D eigenvalue weighted by molar-refractivity contribution is 9.11. The van der Waals surface area contributed by atoms with Crippen molar-refractivity contribution in [2.24, 2.45) is 0 Å². The monoisotopic (exact) mass is 357 g/mol. The second kappa shape index (κ2) is 5.23. The normalized spacial score (nSPS) is 10.6. The molecular formula is C12H13Br2N3. The van der Waals surface area contributed by atoms with Crippen LogP contribution in [0.25, 0.3) is 5.69 Å². The summed E-state index contributed by atoms with van der Waals surface area (Å²) < 4.78 is 4.13. The van der Waals surface area contributed by atoms with Crippen LogP contribution < -0.4 is 5.32 Å². The molecular weight excluding hydrogens is 346 g/mol. The number of anilines is 1. The molecule has 17 heavy (non-hydrogen) atoms. The number of nitrogens with zero attached hydrogens (tertiary/aromatic N) is 2. The van der Waals surface area contributed by atoms with Crippen LogP contribution in [-0.2, 0) is 0 Å². The summed E-state index contributed by atoms with van der Waals surface area (Å²) in [6, 6.07) is 6.08. The molecule has 0 aliphatic rings. The first kappa shape index (κ1) is 12.6. The fourth-order valence-corrected chi connectivity index (χ4v) is 2.42. The van der Waals surface area contributed by atoms with E-state index in [0.717, 1.165) is 32.8 Å². The zero-order valence-corrected chi connectivity index (χ0v) is 12.8. The molecule has 0 aliphatic heterocycles. The van der Waals surface area contributed by atoms with Crippen molar-refractivity contribution in [1.82, 2.24) is 9.55 Å². The third kappa shape index (κ3) is 2.72. The molecule has 0 aliphatic carbocycles. The minimum absolute atomic E-state index is 0.849. The number of aryl methyl sites for hydroxylation is 1. The quantitative estimate of drug-likeness (QED) is 0.893. The standard InChI is InChI=1S/C12H13Br2N3/c1-3-15-12-16-8(2)7-17(12)11-6-9(13)4-5-10(11)14/h4-7H,3H2,1-2H3,(H,15,16). The Labute approximate surface area is 118 Å². The Hall–Kier alpha value is -0.810. The van der Waals surface area contributed by atoms with Crippen LogP contribution in [0.5, 0.6) is 0 Å². The topological polar surface area (TPSA) is 29.9 Å². The van der Waals surface area contributed by atoms with Crippen LogP contribution in [0, 0.1) is 6.92 Å². The number of rotatable bonds is 3. The van der Waals surface area contributed by atoms with Gasteiger partial charge in [0.05, 0.1) is 11.4 Å². The average Bonchev–Trinajstić information content (AvgIpc) is 2.64. The Balaban J connectivity index is 2.55. The highest BCUT2D eigenvalue weighted by atomic mass is 79.9. The molecule has 0 atom stereocenters. The molecule has 1 N–H and O–H groups in total. The van der Waals surface area contributed by atoms with Gasteiger partial charge in [0.25, 0.3) is 0 Å². The third-order valence-electron chi connectivity index (χ3n) is 2.33. The van der Waals surface area contributed by atoms with E-state index in [4.69, 9.17) is 0 Å². The van der Waals surface area contributed by atoms with E-state index in [-0.39, 0.29) is 0 Å². The van der Waals surface area contributed by atoms with E-state index in [1.54, 1.807) is 0 Å². The molecule has 0 unspecified atom stereocenters. The van der Waals surface area contributed by atoms with E-state index in [9.17, 15) is 0 Å². The summed E-state index contributed by atoms with van der Waals surface area (Å²) in [6.07, 6.45) is 2.02. The molecule has 1 heterocycles. The van der Waals surface area contributed by atoms with Gasteiger partial charge in [-0.1, -0.05) is 15.9 Å². The van der Waals surface area contributed by atoms with Gasteiger partial charge in [-0.05, 0) is 48.0 Å². The van der Waals surface area contributed by atoms with Crippen LogP contribution >= 0.6 is 31.9 Å². The predicted molar refractivity (Wildman–Crippen MR) is 77.9 cm³/mol. The van der Waals surface area contributed by atoms with E-state index < -0.39 is 0 Å².